The molecule has 3 nitrogen and oxygen atoms in total. The summed E-state index contributed by atoms with van der Waals surface area (Å²) in [5.41, 5.74) is 8.88. The zero-order valence-corrected chi connectivity index (χ0v) is 24.1. The number of aromatic nitrogens is 3. The number of pyridine rings is 1. The number of nitrogens with zero attached hydrogens (tertiary/aromatic N) is 3. The largest absolute Gasteiger partial charge is 0.264 e. The molecular formula is C41H29N3. The summed E-state index contributed by atoms with van der Waals surface area (Å²) in [4.78, 5) is 14.5. The molecule has 7 aromatic rings. The van der Waals surface area contributed by atoms with Crippen molar-refractivity contribution in [2.45, 2.75) is 12.3 Å². The molecule has 0 bridgehead atoms. The molecule has 0 saturated heterocycles. The van der Waals surface area contributed by atoms with E-state index in [1.807, 2.05) is 36.7 Å². The van der Waals surface area contributed by atoms with Crippen molar-refractivity contribution in [3.63, 3.8) is 0 Å². The van der Waals surface area contributed by atoms with Crippen molar-refractivity contribution in [3.8, 4) is 33.6 Å². The number of hydrogen-bond acceptors (Lipinski definition) is 3. The molecule has 0 radical (unpaired) electrons. The third-order valence-corrected chi connectivity index (χ3v) is 8.52. The van der Waals surface area contributed by atoms with Crippen LogP contribution in [0.5, 0.6) is 0 Å². The number of allylic oxidation sites excluding steroid dienone is 4. The van der Waals surface area contributed by atoms with E-state index >= 15 is 0 Å². The van der Waals surface area contributed by atoms with E-state index in [0.29, 0.717) is 0 Å². The third kappa shape index (κ3) is 4.79. The second-order valence-electron chi connectivity index (χ2n) is 11.2. The highest BCUT2D eigenvalue weighted by Crippen LogP contribution is 2.40. The van der Waals surface area contributed by atoms with Crippen molar-refractivity contribution in [1.82, 2.24) is 15.0 Å². The van der Waals surface area contributed by atoms with Gasteiger partial charge in [0.25, 0.3) is 0 Å². The Labute approximate surface area is 256 Å². The van der Waals surface area contributed by atoms with Crippen LogP contribution in [-0.4, -0.2) is 15.0 Å². The summed E-state index contributed by atoms with van der Waals surface area (Å²) in [5.74, 6) is 0.830. The van der Waals surface area contributed by atoms with Crippen molar-refractivity contribution in [2.75, 3.05) is 0 Å². The van der Waals surface area contributed by atoms with E-state index in [2.05, 4.69) is 120 Å². The molecule has 0 amide bonds. The maximum absolute atomic E-state index is 5.28. The lowest BCUT2D eigenvalue weighted by Gasteiger charge is -2.21. The Morgan fingerprint density at radius 2 is 1.32 bits per heavy atom. The van der Waals surface area contributed by atoms with E-state index in [0.717, 1.165) is 45.8 Å². The summed E-state index contributed by atoms with van der Waals surface area (Å²) in [6, 6.07) is 42.7. The van der Waals surface area contributed by atoms with E-state index in [1.54, 1.807) is 6.20 Å². The Balaban J connectivity index is 1.29. The zero-order chi connectivity index (χ0) is 29.3. The minimum atomic E-state index is 0.0859. The molecule has 5 aromatic carbocycles. The van der Waals surface area contributed by atoms with Gasteiger partial charge in [0.1, 0.15) is 0 Å². The van der Waals surface area contributed by atoms with Crippen LogP contribution in [0.2, 0.25) is 0 Å². The predicted octanol–water partition coefficient (Wildman–Crippen LogP) is 10.3. The van der Waals surface area contributed by atoms with Gasteiger partial charge >= 0.3 is 0 Å². The highest BCUT2D eigenvalue weighted by Gasteiger charge is 2.22. The highest BCUT2D eigenvalue weighted by atomic mass is 14.9. The number of hydrogen-bond donors (Lipinski definition) is 0. The number of rotatable bonds is 5. The van der Waals surface area contributed by atoms with Crippen LogP contribution in [0.1, 0.15) is 23.6 Å². The fourth-order valence-corrected chi connectivity index (χ4v) is 6.37. The molecule has 8 rings (SSSR count). The maximum Gasteiger partial charge on any atom is 0.159 e. The Morgan fingerprint density at radius 3 is 2.18 bits per heavy atom. The SMILES string of the molecule is C1=CC(c2cc3ccccc3c3ccccc23)=CC(c2nc(-c3ccccc3)ncc2-c2cccc(-c3cccnc3)c2)C1. The first-order valence-electron chi connectivity index (χ1n) is 15.0. The van der Waals surface area contributed by atoms with E-state index in [4.69, 9.17) is 9.97 Å². The summed E-state index contributed by atoms with van der Waals surface area (Å²) in [6.45, 7) is 0. The standard InChI is InChI=1S/C41H29N3/c1-2-11-28(12-3-1)41-43-27-39(31-16-8-14-29(23-31)34-18-10-22-42-26-34)40(44-41)33-17-9-15-30(24-33)38-25-32-13-4-5-19-35(32)36-20-6-7-21-37(36)38/h1-16,18-27,33H,17H2. The monoisotopic (exact) mass is 563 g/mol. The molecule has 1 atom stereocenters. The summed E-state index contributed by atoms with van der Waals surface area (Å²) in [7, 11) is 0. The van der Waals surface area contributed by atoms with Gasteiger partial charge in [-0.05, 0) is 68.4 Å². The van der Waals surface area contributed by atoms with Gasteiger partial charge < -0.3 is 0 Å². The van der Waals surface area contributed by atoms with Gasteiger partial charge in [0, 0.05) is 41.2 Å². The van der Waals surface area contributed by atoms with Crippen molar-refractivity contribution >= 4 is 27.1 Å². The molecule has 44 heavy (non-hydrogen) atoms. The van der Waals surface area contributed by atoms with Crippen LogP contribution < -0.4 is 0 Å². The van der Waals surface area contributed by atoms with Crippen molar-refractivity contribution in [2.24, 2.45) is 0 Å². The zero-order valence-electron chi connectivity index (χ0n) is 24.1. The molecule has 1 aliphatic rings. The minimum absolute atomic E-state index is 0.0859. The van der Waals surface area contributed by atoms with Crippen molar-refractivity contribution in [3.05, 3.63) is 169 Å². The summed E-state index contributed by atoms with van der Waals surface area (Å²) >= 11 is 0. The van der Waals surface area contributed by atoms with Gasteiger partial charge in [-0.25, -0.2) is 9.97 Å². The fourth-order valence-electron chi connectivity index (χ4n) is 6.37. The fraction of sp³-hybridized carbons (Fsp3) is 0.0488. The molecule has 0 saturated carbocycles. The molecule has 2 aromatic heterocycles. The van der Waals surface area contributed by atoms with Gasteiger partial charge in [-0.1, -0.05) is 121 Å². The Morgan fingerprint density at radius 1 is 0.568 bits per heavy atom. The normalized spacial score (nSPS) is 14.5. The molecule has 208 valence electrons. The van der Waals surface area contributed by atoms with E-state index < -0.39 is 0 Å². The first kappa shape index (κ1) is 26.0. The molecule has 3 heteroatoms. The second kappa shape index (κ2) is 11.2. The van der Waals surface area contributed by atoms with Crippen LogP contribution in [0.15, 0.2) is 158 Å². The van der Waals surface area contributed by atoms with Crippen LogP contribution in [0.3, 0.4) is 0 Å². The lowest BCUT2D eigenvalue weighted by atomic mass is 9.85. The van der Waals surface area contributed by atoms with Gasteiger partial charge in [0.05, 0.1) is 5.69 Å². The van der Waals surface area contributed by atoms with Gasteiger partial charge in [-0.2, -0.15) is 0 Å². The lowest BCUT2D eigenvalue weighted by molar-refractivity contribution is 0.816. The molecule has 2 heterocycles. The Bertz CT molecular complexity index is 2200. The van der Waals surface area contributed by atoms with Crippen molar-refractivity contribution in [1.29, 1.82) is 0 Å². The van der Waals surface area contributed by atoms with Crippen LogP contribution >= 0.6 is 0 Å². The first-order chi connectivity index (χ1) is 21.8. The number of fused-ring (bicyclic) bond motifs is 3. The number of benzene rings is 5. The first-order valence-corrected chi connectivity index (χ1v) is 15.0. The summed E-state index contributed by atoms with van der Waals surface area (Å²) < 4.78 is 0. The van der Waals surface area contributed by atoms with Gasteiger partial charge in [0.15, 0.2) is 5.82 Å². The van der Waals surface area contributed by atoms with Crippen LogP contribution in [0, 0.1) is 0 Å². The Kier molecular flexibility index (Phi) is 6.62. The average molecular weight is 564 g/mol. The average Bonchev–Trinajstić information content (AvgIpc) is 3.12. The quantitative estimate of drug-likeness (QED) is 0.196. The maximum atomic E-state index is 5.28. The molecule has 0 N–H and O–H groups in total. The summed E-state index contributed by atoms with van der Waals surface area (Å²) in [5, 5.41) is 5.07. The Hall–Kier alpha value is -5.67. The third-order valence-electron chi connectivity index (χ3n) is 8.52. The minimum Gasteiger partial charge on any atom is -0.264 e. The van der Waals surface area contributed by atoms with E-state index in [1.165, 1.54) is 32.7 Å². The van der Waals surface area contributed by atoms with Crippen LogP contribution in [-0.2, 0) is 0 Å². The van der Waals surface area contributed by atoms with E-state index in [9.17, 15) is 0 Å². The van der Waals surface area contributed by atoms with Crippen LogP contribution in [0.4, 0.5) is 0 Å². The molecule has 0 spiro atoms. The molecule has 0 aliphatic heterocycles. The van der Waals surface area contributed by atoms with Crippen LogP contribution in [0.25, 0.3) is 60.8 Å². The van der Waals surface area contributed by atoms with Gasteiger partial charge in [0.2, 0.25) is 0 Å². The predicted molar refractivity (Wildman–Crippen MR) is 182 cm³/mol. The summed E-state index contributed by atoms with van der Waals surface area (Å²) in [6.07, 6.45) is 13.6. The second-order valence-corrected chi connectivity index (χ2v) is 11.2. The van der Waals surface area contributed by atoms with Gasteiger partial charge in [-0.15, -0.1) is 0 Å². The molecule has 0 fully saturated rings. The topological polar surface area (TPSA) is 38.7 Å². The molecular weight excluding hydrogens is 534 g/mol. The highest BCUT2D eigenvalue weighted by molar-refractivity contribution is 6.12. The lowest BCUT2D eigenvalue weighted by Crippen LogP contribution is -2.07. The van der Waals surface area contributed by atoms with Gasteiger partial charge in [-0.3, -0.25) is 4.98 Å². The smallest absolute Gasteiger partial charge is 0.159 e. The van der Waals surface area contributed by atoms with E-state index in [-0.39, 0.29) is 5.92 Å². The van der Waals surface area contributed by atoms with Crippen molar-refractivity contribution < 1.29 is 0 Å². The molecule has 1 aliphatic carbocycles. The molecule has 1 unspecified atom stereocenters.